The SMILES string of the molecule is OC1CNC(O)C1O. The summed E-state index contributed by atoms with van der Waals surface area (Å²) in [7, 11) is 0. The van der Waals surface area contributed by atoms with Crippen LogP contribution in [-0.2, 0) is 0 Å². The van der Waals surface area contributed by atoms with Gasteiger partial charge in [-0.25, -0.2) is 0 Å². The molecule has 1 rings (SSSR count). The van der Waals surface area contributed by atoms with Crippen LogP contribution in [0.15, 0.2) is 0 Å². The van der Waals surface area contributed by atoms with Gasteiger partial charge in [0, 0.05) is 6.54 Å². The van der Waals surface area contributed by atoms with Gasteiger partial charge in [0.1, 0.15) is 12.3 Å². The number of rotatable bonds is 0. The average Bonchev–Trinajstić information content (AvgIpc) is 1.98. The van der Waals surface area contributed by atoms with Gasteiger partial charge in [-0.1, -0.05) is 0 Å². The monoisotopic (exact) mass is 119 g/mol. The summed E-state index contributed by atoms with van der Waals surface area (Å²) < 4.78 is 0. The van der Waals surface area contributed by atoms with Gasteiger partial charge < -0.3 is 15.3 Å². The van der Waals surface area contributed by atoms with Gasteiger partial charge in [-0.2, -0.15) is 0 Å². The van der Waals surface area contributed by atoms with E-state index in [1.165, 1.54) is 0 Å². The minimum absolute atomic E-state index is 0.266. The molecule has 4 N–H and O–H groups in total. The molecule has 0 aliphatic carbocycles. The molecule has 1 heterocycles. The Morgan fingerprint density at radius 1 is 1.25 bits per heavy atom. The van der Waals surface area contributed by atoms with E-state index in [9.17, 15) is 0 Å². The maximum Gasteiger partial charge on any atom is 0.133 e. The highest BCUT2D eigenvalue weighted by atomic mass is 16.4. The molecule has 0 bridgehead atoms. The summed E-state index contributed by atoms with van der Waals surface area (Å²) >= 11 is 0. The van der Waals surface area contributed by atoms with Gasteiger partial charge in [-0.15, -0.1) is 0 Å². The second-order valence-corrected chi connectivity index (χ2v) is 1.91. The fourth-order valence-corrected chi connectivity index (χ4v) is 0.693. The van der Waals surface area contributed by atoms with E-state index in [1.807, 2.05) is 0 Å². The number of hydrogen-bond acceptors (Lipinski definition) is 4. The van der Waals surface area contributed by atoms with Crippen molar-refractivity contribution in [1.29, 1.82) is 0 Å². The summed E-state index contributed by atoms with van der Waals surface area (Å²) in [5.74, 6) is 0. The lowest BCUT2D eigenvalue weighted by Gasteiger charge is -2.07. The van der Waals surface area contributed by atoms with E-state index in [-0.39, 0.29) is 6.54 Å². The molecule has 1 aliphatic rings. The molecular weight excluding hydrogens is 110 g/mol. The predicted octanol–water partition coefficient (Wildman–Crippen LogP) is -2.37. The molecule has 1 fully saturated rings. The van der Waals surface area contributed by atoms with Crippen LogP contribution >= 0.6 is 0 Å². The molecule has 0 saturated carbocycles. The molecule has 4 heteroatoms. The van der Waals surface area contributed by atoms with Gasteiger partial charge in [0.05, 0.1) is 6.10 Å². The third-order valence-corrected chi connectivity index (χ3v) is 1.25. The van der Waals surface area contributed by atoms with Crippen LogP contribution in [-0.4, -0.2) is 40.3 Å². The van der Waals surface area contributed by atoms with Crippen LogP contribution in [0, 0.1) is 0 Å². The second-order valence-electron chi connectivity index (χ2n) is 1.91. The molecule has 1 saturated heterocycles. The lowest BCUT2D eigenvalue weighted by atomic mass is 10.2. The Kier molecular flexibility index (Phi) is 1.48. The number of nitrogens with one attached hydrogen (secondary N) is 1. The van der Waals surface area contributed by atoms with Gasteiger partial charge in [-0.3, -0.25) is 5.32 Å². The third-order valence-electron chi connectivity index (χ3n) is 1.25. The Morgan fingerprint density at radius 3 is 2.00 bits per heavy atom. The van der Waals surface area contributed by atoms with Crippen molar-refractivity contribution in [3.05, 3.63) is 0 Å². The Hall–Kier alpha value is -0.160. The third kappa shape index (κ3) is 0.830. The summed E-state index contributed by atoms with van der Waals surface area (Å²) in [6.07, 6.45) is -2.79. The largest absolute Gasteiger partial charge is 0.389 e. The zero-order valence-corrected chi connectivity index (χ0v) is 4.28. The fraction of sp³-hybridized carbons (Fsp3) is 1.00. The minimum atomic E-state index is -1.02. The van der Waals surface area contributed by atoms with E-state index in [0.29, 0.717) is 0 Å². The lowest BCUT2D eigenvalue weighted by molar-refractivity contribution is -0.0208. The zero-order chi connectivity index (χ0) is 6.15. The molecule has 0 spiro atoms. The predicted molar refractivity (Wildman–Crippen MR) is 26.0 cm³/mol. The highest BCUT2D eigenvalue weighted by Gasteiger charge is 2.30. The minimum Gasteiger partial charge on any atom is -0.389 e. The van der Waals surface area contributed by atoms with E-state index >= 15 is 0 Å². The van der Waals surface area contributed by atoms with Crippen LogP contribution < -0.4 is 5.32 Å². The molecule has 0 aromatic carbocycles. The van der Waals surface area contributed by atoms with E-state index in [0.717, 1.165) is 0 Å². The van der Waals surface area contributed by atoms with Crippen LogP contribution in [0.25, 0.3) is 0 Å². The van der Waals surface area contributed by atoms with Crippen molar-refractivity contribution in [1.82, 2.24) is 5.32 Å². The zero-order valence-electron chi connectivity index (χ0n) is 4.28. The van der Waals surface area contributed by atoms with Crippen molar-refractivity contribution in [2.75, 3.05) is 6.54 Å². The van der Waals surface area contributed by atoms with Crippen LogP contribution in [0.2, 0.25) is 0 Å². The lowest BCUT2D eigenvalue weighted by Crippen LogP contribution is -2.32. The van der Waals surface area contributed by atoms with Crippen LogP contribution in [0.4, 0.5) is 0 Å². The van der Waals surface area contributed by atoms with Crippen molar-refractivity contribution in [3.63, 3.8) is 0 Å². The molecule has 0 aromatic rings. The molecule has 8 heavy (non-hydrogen) atoms. The van der Waals surface area contributed by atoms with Crippen molar-refractivity contribution < 1.29 is 15.3 Å². The highest BCUT2D eigenvalue weighted by Crippen LogP contribution is 2.03. The first-order valence-electron chi connectivity index (χ1n) is 2.49. The van der Waals surface area contributed by atoms with E-state index in [2.05, 4.69) is 5.32 Å². The molecule has 3 unspecified atom stereocenters. The molecule has 0 amide bonds. The Balaban J connectivity index is 2.44. The number of aliphatic hydroxyl groups is 3. The van der Waals surface area contributed by atoms with Gasteiger partial charge in [0.25, 0.3) is 0 Å². The topological polar surface area (TPSA) is 72.7 Å². The molecule has 48 valence electrons. The molecule has 1 aliphatic heterocycles. The molecule has 3 atom stereocenters. The standard InChI is InChI=1S/C4H9NO3/c6-2-1-5-4(8)3(2)7/h2-8H,1H2. The quantitative estimate of drug-likeness (QED) is 0.287. The summed E-state index contributed by atoms with van der Waals surface area (Å²) in [4.78, 5) is 0. The summed E-state index contributed by atoms with van der Waals surface area (Å²) in [5.41, 5.74) is 0. The first kappa shape index (κ1) is 5.97. The van der Waals surface area contributed by atoms with Crippen molar-refractivity contribution in [2.45, 2.75) is 18.4 Å². The van der Waals surface area contributed by atoms with Gasteiger partial charge in [0.2, 0.25) is 0 Å². The Bertz CT molecular complexity index is 77.4. The number of hydrogen-bond donors (Lipinski definition) is 4. The van der Waals surface area contributed by atoms with E-state index in [4.69, 9.17) is 15.3 Å². The highest BCUT2D eigenvalue weighted by molar-refractivity contribution is 4.82. The summed E-state index contributed by atoms with van der Waals surface area (Å²) in [6, 6.07) is 0. The first-order chi connectivity index (χ1) is 3.72. The van der Waals surface area contributed by atoms with Gasteiger partial charge >= 0.3 is 0 Å². The molecule has 0 radical (unpaired) electrons. The average molecular weight is 119 g/mol. The Morgan fingerprint density at radius 2 is 1.88 bits per heavy atom. The van der Waals surface area contributed by atoms with Crippen LogP contribution in [0.3, 0.4) is 0 Å². The van der Waals surface area contributed by atoms with Crippen molar-refractivity contribution in [2.24, 2.45) is 0 Å². The summed E-state index contributed by atoms with van der Waals surface area (Å²) in [6.45, 7) is 0.266. The van der Waals surface area contributed by atoms with E-state index < -0.39 is 18.4 Å². The summed E-state index contributed by atoms with van der Waals surface area (Å²) in [5, 5.41) is 28.5. The smallest absolute Gasteiger partial charge is 0.133 e. The normalized spacial score (nSPS) is 47.6. The van der Waals surface area contributed by atoms with Gasteiger partial charge in [0.15, 0.2) is 0 Å². The second kappa shape index (κ2) is 1.99. The van der Waals surface area contributed by atoms with Crippen molar-refractivity contribution >= 4 is 0 Å². The first-order valence-corrected chi connectivity index (χ1v) is 2.49. The number of aliphatic hydroxyl groups excluding tert-OH is 3. The van der Waals surface area contributed by atoms with Crippen LogP contribution in [0.5, 0.6) is 0 Å². The molecule has 0 aromatic heterocycles. The molecular formula is C4H9NO3. The fourth-order valence-electron chi connectivity index (χ4n) is 0.693. The van der Waals surface area contributed by atoms with Crippen LogP contribution in [0.1, 0.15) is 0 Å². The van der Waals surface area contributed by atoms with Gasteiger partial charge in [-0.05, 0) is 0 Å². The van der Waals surface area contributed by atoms with Crippen molar-refractivity contribution in [3.8, 4) is 0 Å². The Labute approximate surface area is 46.8 Å². The maximum absolute atomic E-state index is 8.70. The molecule has 4 nitrogen and oxygen atoms in total. The van der Waals surface area contributed by atoms with E-state index in [1.54, 1.807) is 0 Å². The maximum atomic E-state index is 8.70. The number of β-amino-alcohol motifs (C(OH)–C–C–N with tert-alkyl or cyclic N) is 1.